The van der Waals surface area contributed by atoms with E-state index in [2.05, 4.69) is 15.7 Å². The molecule has 2 heterocycles. The van der Waals surface area contributed by atoms with Gasteiger partial charge in [-0.1, -0.05) is 29.8 Å². The molecule has 6 nitrogen and oxygen atoms in total. The number of carbonyl (C=O) groups excluding carboxylic acids is 1. The van der Waals surface area contributed by atoms with Crippen molar-refractivity contribution in [3.63, 3.8) is 0 Å². The largest absolute Gasteiger partial charge is 0.494 e. The summed E-state index contributed by atoms with van der Waals surface area (Å²) in [6.45, 7) is 4.30. The van der Waals surface area contributed by atoms with E-state index in [0.29, 0.717) is 18.0 Å². The number of hydrogen-bond acceptors (Lipinski definition) is 4. The van der Waals surface area contributed by atoms with Gasteiger partial charge in [-0.15, -0.1) is 0 Å². The maximum absolute atomic E-state index is 13.8. The van der Waals surface area contributed by atoms with E-state index in [1.54, 1.807) is 24.3 Å². The van der Waals surface area contributed by atoms with Crippen molar-refractivity contribution in [3.05, 3.63) is 71.4 Å². The molecule has 0 bridgehead atoms. The molecule has 1 aliphatic heterocycles. The molecule has 168 valence electrons. The molecule has 2 aromatic carbocycles. The Labute approximate surface area is 183 Å². The second-order valence-electron chi connectivity index (χ2n) is 7.67. The van der Waals surface area contributed by atoms with E-state index in [-0.39, 0.29) is 17.9 Å². The maximum atomic E-state index is 13.8. The molecule has 1 aliphatic rings. The van der Waals surface area contributed by atoms with Gasteiger partial charge in [0.2, 0.25) is 0 Å². The molecule has 0 unspecified atom stereocenters. The van der Waals surface area contributed by atoms with E-state index in [9.17, 15) is 18.0 Å². The van der Waals surface area contributed by atoms with Gasteiger partial charge in [-0.3, -0.25) is 4.79 Å². The summed E-state index contributed by atoms with van der Waals surface area (Å²) in [4.78, 5) is 12.7. The van der Waals surface area contributed by atoms with E-state index in [4.69, 9.17) is 4.74 Å². The van der Waals surface area contributed by atoms with Crippen LogP contribution in [0.2, 0.25) is 0 Å². The van der Waals surface area contributed by atoms with Crippen molar-refractivity contribution in [2.24, 2.45) is 0 Å². The molecule has 32 heavy (non-hydrogen) atoms. The molecule has 0 fully saturated rings. The number of nitrogens with one attached hydrogen (secondary N) is 2. The fourth-order valence-corrected chi connectivity index (χ4v) is 3.70. The van der Waals surface area contributed by atoms with E-state index in [1.165, 1.54) is 6.07 Å². The van der Waals surface area contributed by atoms with E-state index < -0.39 is 24.2 Å². The average molecular weight is 444 g/mol. The molecule has 2 N–H and O–H groups in total. The van der Waals surface area contributed by atoms with Crippen molar-refractivity contribution in [2.45, 2.75) is 38.5 Å². The van der Waals surface area contributed by atoms with Crippen LogP contribution in [-0.4, -0.2) is 28.5 Å². The summed E-state index contributed by atoms with van der Waals surface area (Å²) in [5, 5.41) is 9.74. The van der Waals surface area contributed by atoms with Gasteiger partial charge in [0.1, 0.15) is 11.6 Å². The Morgan fingerprint density at radius 3 is 2.50 bits per heavy atom. The molecule has 0 radical (unpaired) electrons. The van der Waals surface area contributed by atoms with Crippen LogP contribution in [0.4, 0.5) is 24.7 Å². The van der Waals surface area contributed by atoms with Gasteiger partial charge in [-0.2, -0.15) is 18.3 Å². The van der Waals surface area contributed by atoms with Crippen LogP contribution in [0.1, 0.15) is 47.0 Å². The summed E-state index contributed by atoms with van der Waals surface area (Å²) in [5.74, 6) is 0.217. The summed E-state index contributed by atoms with van der Waals surface area (Å²) in [5.41, 5.74) is 2.16. The number of carbonyl (C=O) groups is 1. The van der Waals surface area contributed by atoms with Gasteiger partial charge >= 0.3 is 6.18 Å². The standard InChI is InChI=1S/C23H23F3N4O2/c1-3-32-17-10-8-16(9-11-17)27-22(31)19-13-21-28-18(15-6-4-14(2)5-7-15)12-20(23(24,25)26)30(21)29-19/h4-11,13,18,20,28H,3,12H2,1-2H3,(H,27,31)/t18-,20+/m1/s1. The Hall–Kier alpha value is -3.49. The lowest BCUT2D eigenvalue weighted by Gasteiger charge is -2.33. The number of alkyl halides is 3. The van der Waals surface area contributed by atoms with Gasteiger partial charge in [-0.05, 0) is 43.7 Å². The summed E-state index contributed by atoms with van der Waals surface area (Å²) >= 11 is 0. The van der Waals surface area contributed by atoms with E-state index >= 15 is 0 Å². The summed E-state index contributed by atoms with van der Waals surface area (Å²) in [7, 11) is 0. The number of anilines is 2. The number of nitrogens with zero attached hydrogens (tertiary/aromatic N) is 2. The Bertz CT molecular complexity index is 1090. The van der Waals surface area contributed by atoms with Crippen LogP contribution >= 0.6 is 0 Å². The molecule has 1 aromatic heterocycles. The fourth-order valence-electron chi connectivity index (χ4n) is 3.70. The quantitative estimate of drug-likeness (QED) is 0.545. The fraction of sp³-hybridized carbons (Fsp3) is 0.304. The van der Waals surface area contributed by atoms with Gasteiger partial charge in [0.25, 0.3) is 5.91 Å². The predicted octanol–water partition coefficient (Wildman–Crippen LogP) is 5.50. The lowest BCUT2D eigenvalue weighted by Crippen LogP contribution is -2.35. The van der Waals surface area contributed by atoms with Gasteiger partial charge in [0, 0.05) is 18.2 Å². The van der Waals surface area contributed by atoms with Crippen LogP contribution in [0.15, 0.2) is 54.6 Å². The third kappa shape index (κ3) is 4.56. The highest BCUT2D eigenvalue weighted by Crippen LogP contribution is 2.43. The van der Waals surface area contributed by atoms with E-state index in [1.807, 2.05) is 38.1 Å². The molecule has 0 saturated heterocycles. The normalized spacial score (nSPS) is 17.9. The van der Waals surface area contributed by atoms with Crippen LogP contribution < -0.4 is 15.4 Å². The molecule has 0 aliphatic carbocycles. The third-order valence-corrected chi connectivity index (χ3v) is 5.33. The summed E-state index contributed by atoms with van der Waals surface area (Å²) < 4.78 is 47.7. The van der Waals surface area contributed by atoms with Crippen LogP contribution in [0, 0.1) is 6.92 Å². The molecule has 0 saturated carbocycles. The summed E-state index contributed by atoms with van der Waals surface area (Å²) in [6.07, 6.45) is -4.73. The highest BCUT2D eigenvalue weighted by molar-refractivity contribution is 6.03. The minimum atomic E-state index is -4.51. The number of benzene rings is 2. The molecule has 3 aromatic rings. The van der Waals surface area contributed by atoms with Gasteiger partial charge in [0.15, 0.2) is 11.7 Å². The van der Waals surface area contributed by atoms with Crippen molar-refractivity contribution < 1.29 is 22.7 Å². The van der Waals surface area contributed by atoms with Gasteiger partial charge in [-0.25, -0.2) is 4.68 Å². The van der Waals surface area contributed by atoms with Crippen molar-refractivity contribution >= 4 is 17.4 Å². The van der Waals surface area contributed by atoms with Crippen molar-refractivity contribution in [2.75, 3.05) is 17.2 Å². The van der Waals surface area contributed by atoms with Crippen molar-refractivity contribution in [3.8, 4) is 5.75 Å². The van der Waals surface area contributed by atoms with Gasteiger partial charge in [0.05, 0.1) is 12.6 Å². The summed E-state index contributed by atoms with van der Waals surface area (Å²) in [6, 6.07) is 13.0. The van der Waals surface area contributed by atoms with Crippen LogP contribution in [0.3, 0.4) is 0 Å². The zero-order valence-corrected chi connectivity index (χ0v) is 17.6. The monoisotopic (exact) mass is 444 g/mol. The second kappa shape index (κ2) is 8.57. The van der Waals surface area contributed by atoms with Crippen LogP contribution in [0.25, 0.3) is 0 Å². The number of aryl methyl sites for hydroxylation is 1. The minimum absolute atomic E-state index is 0.0970. The maximum Gasteiger partial charge on any atom is 0.410 e. The van der Waals surface area contributed by atoms with Crippen LogP contribution in [0.5, 0.6) is 5.75 Å². The first-order valence-corrected chi connectivity index (χ1v) is 10.3. The number of hydrogen-bond donors (Lipinski definition) is 2. The average Bonchev–Trinajstić information content (AvgIpc) is 3.19. The highest BCUT2D eigenvalue weighted by Gasteiger charge is 2.46. The topological polar surface area (TPSA) is 68.2 Å². The second-order valence-corrected chi connectivity index (χ2v) is 7.67. The van der Waals surface area contributed by atoms with Gasteiger partial charge < -0.3 is 15.4 Å². The molecule has 0 spiro atoms. The first-order chi connectivity index (χ1) is 15.2. The first kappa shape index (κ1) is 21.7. The predicted molar refractivity (Wildman–Crippen MR) is 115 cm³/mol. The molecule has 1 amide bonds. The van der Waals surface area contributed by atoms with Crippen molar-refractivity contribution in [1.82, 2.24) is 9.78 Å². The molecular formula is C23H23F3N4O2. The molecule has 9 heteroatoms. The Kier molecular flexibility index (Phi) is 5.82. The van der Waals surface area contributed by atoms with Crippen LogP contribution in [-0.2, 0) is 0 Å². The Morgan fingerprint density at radius 1 is 1.19 bits per heavy atom. The zero-order valence-electron chi connectivity index (χ0n) is 17.6. The highest BCUT2D eigenvalue weighted by atomic mass is 19.4. The number of rotatable bonds is 5. The molecular weight excluding hydrogens is 421 g/mol. The number of amides is 1. The number of fused-ring (bicyclic) bond motifs is 1. The lowest BCUT2D eigenvalue weighted by molar-refractivity contribution is -0.173. The zero-order chi connectivity index (χ0) is 22.9. The molecule has 4 rings (SSSR count). The minimum Gasteiger partial charge on any atom is -0.494 e. The first-order valence-electron chi connectivity index (χ1n) is 10.3. The Balaban J connectivity index is 1.58. The smallest absolute Gasteiger partial charge is 0.410 e. The van der Waals surface area contributed by atoms with E-state index in [0.717, 1.165) is 15.8 Å². The Morgan fingerprint density at radius 2 is 1.88 bits per heavy atom. The SMILES string of the molecule is CCOc1ccc(NC(=O)c2cc3n(n2)[C@H](C(F)(F)F)C[C@H](c2ccc(C)cc2)N3)cc1. The lowest BCUT2D eigenvalue weighted by atomic mass is 9.96. The van der Waals surface area contributed by atoms with Crippen molar-refractivity contribution in [1.29, 1.82) is 0 Å². The number of ether oxygens (including phenoxy) is 1. The molecule has 2 atom stereocenters. The third-order valence-electron chi connectivity index (χ3n) is 5.33. The number of aromatic nitrogens is 2. The number of halogens is 3.